The van der Waals surface area contributed by atoms with Crippen LogP contribution in [-0.4, -0.2) is 19.1 Å². The van der Waals surface area contributed by atoms with Crippen molar-refractivity contribution in [2.75, 3.05) is 4.90 Å². The van der Waals surface area contributed by atoms with Crippen molar-refractivity contribution < 1.29 is 0 Å². The van der Waals surface area contributed by atoms with E-state index in [4.69, 9.17) is 0 Å². The minimum absolute atomic E-state index is 0.330. The van der Waals surface area contributed by atoms with E-state index in [1.165, 1.54) is 74.5 Å². The molecule has 0 saturated carbocycles. The largest absolute Gasteiger partial charge is 0.0617 e. The molecule has 2 heterocycles. The van der Waals surface area contributed by atoms with Gasteiger partial charge in [-0.25, -0.2) is 0 Å². The molecule has 3 heteroatoms. The number of aromatic nitrogens is 1. The molecule has 0 radical (unpaired) electrons. The molecule has 0 aliphatic heterocycles. The van der Waals surface area contributed by atoms with Gasteiger partial charge in [-0.05, 0) is 34.9 Å². The van der Waals surface area contributed by atoms with Crippen LogP contribution in [0.25, 0.3) is 80.2 Å². The molecule has 0 atom stereocenters. The second kappa shape index (κ2) is 14.0. The summed E-state index contributed by atoms with van der Waals surface area (Å²) in [5, 5.41) is 5.24. The SMILES string of the molecule is c1ccc(-c2ccc(-c3ccc(N(c4ccc(-c5ccc6c(c5)[se]c5ccccc56)cc4)c4ccc5c(c4)c4ccccc4n5-c4ccccc4)cc3)cc2)cc1. The first-order chi connectivity index (χ1) is 28.2. The average molecular weight is 792 g/mol. The number of rotatable bonds is 7. The summed E-state index contributed by atoms with van der Waals surface area (Å²) in [5.74, 6) is 0. The molecule has 0 aliphatic rings. The van der Waals surface area contributed by atoms with Gasteiger partial charge in [-0.2, -0.15) is 0 Å². The third-order valence-electron chi connectivity index (χ3n) is 11.2. The Morgan fingerprint density at radius 3 is 1.46 bits per heavy atom. The molecule has 57 heavy (non-hydrogen) atoms. The van der Waals surface area contributed by atoms with Gasteiger partial charge in [-0.3, -0.25) is 0 Å². The van der Waals surface area contributed by atoms with Crippen LogP contribution in [-0.2, 0) is 0 Å². The number of benzene rings is 9. The molecular weight excluding hydrogens is 756 g/mol. The quantitative estimate of drug-likeness (QED) is 0.146. The van der Waals surface area contributed by atoms with Crippen LogP contribution >= 0.6 is 0 Å². The van der Waals surface area contributed by atoms with E-state index < -0.39 is 0 Å². The maximum absolute atomic E-state index is 2.41. The molecule has 0 bridgehead atoms. The van der Waals surface area contributed by atoms with Crippen LogP contribution in [0.1, 0.15) is 0 Å². The molecule has 0 amide bonds. The first-order valence-corrected chi connectivity index (χ1v) is 21.1. The van der Waals surface area contributed by atoms with Crippen LogP contribution in [0, 0.1) is 0 Å². The van der Waals surface area contributed by atoms with Gasteiger partial charge in [0.05, 0.1) is 5.52 Å². The number of nitrogens with zero attached hydrogens (tertiary/aromatic N) is 2. The summed E-state index contributed by atoms with van der Waals surface area (Å²) in [4.78, 5) is 2.39. The van der Waals surface area contributed by atoms with Gasteiger partial charge in [-0.1, -0.05) is 91.0 Å². The molecule has 0 N–H and O–H groups in total. The van der Waals surface area contributed by atoms with Crippen LogP contribution < -0.4 is 4.90 Å². The number of fused-ring (bicyclic) bond motifs is 6. The van der Waals surface area contributed by atoms with Gasteiger partial charge in [0.2, 0.25) is 0 Å². The molecule has 2 aromatic heterocycles. The smallest absolute Gasteiger partial charge is 0.0538 e. The van der Waals surface area contributed by atoms with Crippen LogP contribution in [0.3, 0.4) is 0 Å². The number of para-hydroxylation sites is 2. The first-order valence-electron chi connectivity index (χ1n) is 19.4. The minimum Gasteiger partial charge on any atom is -0.0617 e. The Morgan fingerprint density at radius 2 is 0.772 bits per heavy atom. The fourth-order valence-corrected chi connectivity index (χ4v) is 10.8. The van der Waals surface area contributed by atoms with Crippen molar-refractivity contribution in [2.24, 2.45) is 0 Å². The maximum Gasteiger partial charge on any atom is -0.0538 e. The maximum atomic E-state index is 2.41. The predicted molar refractivity (Wildman–Crippen MR) is 244 cm³/mol. The van der Waals surface area contributed by atoms with Crippen LogP contribution in [0.5, 0.6) is 0 Å². The van der Waals surface area contributed by atoms with Gasteiger partial charge in [0.15, 0.2) is 0 Å². The van der Waals surface area contributed by atoms with Gasteiger partial charge in [0.25, 0.3) is 0 Å². The normalized spacial score (nSPS) is 11.5. The molecule has 0 unspecified atom stereocenters. The fraction of sp³-hybridized carbons (Fsp3) is 0. The fourth-order valence-electron chi connectivity index (χ4n) is 8.40. The Bertz CT molecular complexity index is 3200. The van der Waals surface area contributed by atoms with Crippen molar-refractivity contribution in [1.29, 1.82) is 0 Å². The van der Waals surface area contributed by atoms with Crippen molar-refractivity contribution in [3.63, 3.8) is 0 Å². The zero-order chi connectivity index (χ0) is 37.7. The van der Waals surface area contributed by atoms with Crippen molar-refractivity contribution in [3.05, 3.63) is 218 Å². The van der Waals surface area contributed by atoms with E-state index in [1.807, 2.05) is 0 Å². The Balaban J connectivity index is 1.01. The molecule has 0 aliphatic carbocycles. The van der Waals surface area contributed by atoms with E-state index >= 15 is 0 Å². The first kappa shape index (κ1) is 33.4. The summed E-state index contributed by atoms with van der Waals surface area (Å²) in [6.45, 7) is 0. The van der Waals surface area contributed by atoms with Crippen LogP contribution in [0.15, 0.2) is 218 Å². The van der Waals surface area contributed by atoms with Crippen molar-refractivity contribution in [1.82, 2.24) is 4.57 Å². The predicted octanol–water partition coefficient (Wildman–Crippen LogP) is 14.6. The Kier molecular flexibility index (Phi) is 8.21. The number of hydrogen-bond donors (Lipinski definition) is 0. The summed E-state index contributed by atoms with van der Waals surface area (Å²) < 4.78 is 5.31. The molecular formula is C54H36N2Se. The van der Waals surface area contributed by atoms with Crippen molar-refractivity contribution in [3.8, 4) is 39.1 Å². The number of hydrogen-bond acceptors (Lipinski definition) is 1. The summed E-state index contributed by atoms with van der Waals surface area (Å²) >= 11 is 0.330. The standard InChI is InChI=1S/C54H36N2Se/c1-3-11-37(12-4-1)38-19-21-39(22-20-38)40-23-28-44(29-24-40)55(45-30-25-41(26-31-45)42-27-33-49-48-16-8-10-18-53(48)57-54(49)35-42)46-32-34-52-50(36-46)47-15-7-9-17-51(47)56(52)43-13-5-2-6-14-43/h1-36H. The zero-order valence-electron chi connectivity index (χ0n) is 31.1. The van der Waals surface area contributed by atoms with E-state index in [1.54, 1.807) is 0 Å². The van der Waals surface area contributed by atoms with Crippen molar-refractivity contribution in [2.45, 2.75) is 0 Å². The molecule has 0 saturated heterocycles. The monoisotopic (exact) mass is 792 g/mol. The molecule has 0 fully saturated rings. The zero-order valence-corrected chi connectivity index (χ0v) is 32.8. The van der Waals surface area contributed by atoms with Gasteiger partial charge in [-0.15, -0.1) is 0 Å². The van der Waals surface area contributed by atoms with Crippen molar-refractivity contribution >= 4 is 72.7 Å². The number of anilines is 3. The Labute approximate surface area is 337 Å². The van der Waals surface area contributed by atoms with Gasteiger partial charge < -0.3 is 4.57 Å². The third-order valence-corrected chi connectivity index (χ3v) is 13.6. The summed E-state index contributed by atoms with van der Waals surface area (Å²) in [6.07, 6.45) is 0. The molecule has 268 valence electrons. The summed E-state index contributed by atoms with van der Waals surface area (Å²) in [6, 6.07) is 79.7. The summed E-state index contributed by atoms with van der Waals surface area (Å²) in [5.41, 5.74) is 14.2. The topological polar surface area (TPSA) is 8.17 Å². The van der Waals surface area contributed by atoms with Gasteiger partial charge in [0, 0.05) is 5.69 Å². The van der Waals surface area contributed by atoms with E-state index in [0.717, 1.165) is 22.7 Å². The molecule has 0 spiro atoms. The van der Waals surface area contributed by atoms with Gasteiger partial charge >= 0.3 is 198 Å². The molecule has 9 aromatic carbocycles. The Hall–Kier alpha value is -6.90. The second-order valence-corrected chi connectivity index (χ2v) is 16.8. The van der Waals surface area contributed by atoms with Crippen LogP contribution in [0.2, 0.25) is 0 Å². The summed E-state index contributed by atoms with van der Waals surface area (Å²) in [7, 11) is 0. The minimum atomic E-state index is 0.330. The second-order valence-electron chi connectivity index (χ2n) is 14.6. The van der Waals surface area contributed by atoms with Gasteiger partial charge in [0.1, 0.15) is 0 Å². The van der Waals surface area contributed by atoms with E-state index in [0.29, 0.717) is 14.5 Å². The molecule has 11 aromatic rings. The van der Waals surface area contributed by atoms with E-state index in [-0.39, 0.29) is 0 Å². The third kappa shape index (κ3) is 5.97. The Morgan fingerprint density at radius 1 is 0.298 bits per heavy atom. The molecule has 11 rings (SSSR count). The van der Waals surface area contributed by atoms with E-state index in [9.17, 15) is 0 Å². The van der Waals surface area contributed by atoms with E-state index in [2.05, 4.69) is 228 Å². The average Bonchev–Trinajstić information content (AvgIpc) is 3.83. The van der Waals surface area contributed by atoms with Crippen LogP contribution in [0.4, 0.5) is 17.1 Å². The molecule has 2 nitrogen and oxygen atoms in total.